The van der Waals surface area contributed by atoms with E-state index in [1.165, 1.54) is 29.7 Å². The van der Waals surface area contributed by atoms with Crippen molar-refractivity contribution in [1.82, 2.24) is 18.8 Å². The quantitative estimate of drug-likeness (QED) is 0.540. The number of thiazole rings is 1. The van der Waals surface area contributed by atoms with Crippen LogP contribution in [-0.2, 0) is 27.8 Å². The van der Waals surface area contributed by atoms with Crippen molar-refractivity contribution in [2.75, 3.05) is 19.4 Å². The van der Waals surface area contributed by atoms with Gasteiger partial charge in [0.05, 0.1) is 15.9 Å². The number of unbranched alkanes of at least 4 members (excludes halogenated alkanes) is 1. The zero-order valence-corrected chi connectivity index (χ0v) is 19.3. The number of hydrogen-bond donors (Lipinski definition) is 1. The van der Waals surface area contributed by atoms with Crippen LogP contribution in [0.3, 0.4) is 0 Å². The molecule has 0 unspecified atom stereocenters. The summed E-state index contributed by atoms with van der Waals surface area (Å²) < 4.78 is 28.2. The highest BCUT2D eigenvalue weighted by atomic mass is 32.2. The number of hydrogen-bond acceptors (Lipinski definition) is 6. The highest BCUT2D eigenvalue weighted by molar-refractivity contribution is 7.89. The van der Waals surface area contributed by atoms with Gasteiger partial charge in [0.1, 0.15) is 5.82 Å². The van der Waals surface area contributed by atoms with Crippen molar-refractivity contribution in [1.29, 1.82) is 0 Å². The van der Waals surface area contributed by atoms with Gasteiger partial charge in [0.25, 0.3) is 0 Å². The monoisotopic (exact) mass is 449 g/mol. The van der Waals surface area contributed by atoms with Gasteiger partial charge in [0.15, 0.2) is 5.13 Å². The van der Waals surface area contributed by atoms with Gasteiger partial charge in [0.2, 0.25) is 15.9 Å². The third kappa shape index (κ3) is 4.88. The molecule has 162 valence electrons. The summed E-state index contributed by atoms with van der Waals surface area (Å²) in [6.45, 7) is 4.83. The molecule has 10 heteroatoms. The van der Waals surface area contributed by atoms with E-state index in [2.05, 4.69) is 26.8 Å². The summed E-state index contributed by atoms with van der Waals surface area (Å²) in [7, 11) is -0.518. The van der Waals surface area contributed by atoms with Gasteiger partial charge in [-0.25, -0.2) is 22.7 Å². The molecule has 2 aromatic heterocycles. The van der Waals surface area contributed by atoms with Gasteiger partial charge >= 0.3 is 0 Å². The molecule has 1 aromatic carbocycles. The number of carbonyl (C=O) groups excluding carboxylic acids is 1. The lowest BCUT2D eigenvalue weighted by Crippen LogP contribution is -2.22. The number of nitrogens with one attached hydrogen (secondary N) is 1. The normalized spacial score (nSPS) is 12.0. The number of benzene rings is 1. The Morgan fingerprint density at radius 2 is 2.07 bits per heavy atom. The number of imidazole rings is 1. The number of anilines is 1. The van der Waals surface area contributed by atoms with Gasteiger partial charge < -0.3 is 9.88 Å². The second kappa shape index (κ2) is 9.23. The van der Waals surface area contributed by atoms with E-state index in [-0.39, 0.29) is 17.2 Å². The van der Waals surface area contributed by atoms with Crippen molar-refractivity contribution in [3.05, 3.63) is 35.1 Å². The van der Waals surface area contributed by atoms with E-state index in [9.17, 15) is 13.2 Å². The van der Waals surface area contributed by atoms with Crippen LogP contribution >= 0.6 is 11.3 Å². The fraction of sp³-hybridized carbons (Fsp3) is 0.450. The fourth-order valence-corrected chi connectivity index (χ4v) is 4.71. The zero-order chi connectivity index (χ0) is 21.9. The Balaban J connectivity index is 1.85. The van der Waals surface area contributed by atoms with Gasteiger partial charge in [-0.05, 0) is 31.5 Å². The lowest BCUT2D eigenvalue weighted by atomic mass is 10.2. The molecule has 3 aromatic rings. The zero-order valence-electron chi connectivity index (χ0n) is 17.7. The molecule has 2 heterocycles. The van der Waals surface area contributed by atoms with Gasteiger partial charge in [-0.1, -0.05) is 13.3 Å². The first-order valence-corrected chi connectivity index (χ1v) is 12.1. The standard InChI is InChI=1S/C20H27N5O3S2/c1-5-6-11-25-17-8-7-15(30(27,28)24(3)4)12-16(17)22-18(25)9-10-19(26)23-20-21-13-14(2)29-20/h7-8,12-13H,5-6,9-11H2,1-4H3,(H,21,23,26). The molecule has 0 aliphatic heterocycles. The molecule has 0 fully saturated rings. The van der Waals surface area contributed by atoms with Crippen LogP contribution in [0.4, 0.5) is 5.13 Å². The molecule has 0 spiro atoms. The van der Waals surface area contributed by atoms with Crippen molar-refractivity contribution in [3.63, 3.8) is 0 Å². The molecule has 0 bridgehead atoms. The molecule has 0 atom stereocenters. The number of aryl methyl sites for hydroxylation is 3. The Bertz CT molecular complexity index is 1150. The van der Waals surface area contributed by atoms with E-state index in [0.717, 1.165) is 35.6 Å². The summed E-state index contributed by atoms with van der Waals surface area (Å²) in [5, 5.41) is 3.41. The van der Waals surface area contributed by atoms with Crippen LogP contribution in [0.1, 0.15) is 36.9 Å². The van der Waals surface area contributed by atoms with Gasteiger partial charge in [0, 0.05) is 44.6 Å². The lowest BCUT2D eigenvalue weighted by Gasteiger charge is -2.11. The first kappa shape index (κ1) is 22.4. The van der Waals surface area contributed by atoms with Crippen LogP contribution in [-0.4, -0.2) is 47.3 Å². The summed E-state index contributed by atoms with van der Waals surface area (Å²) in [6, 6.07) is 5.02. The number of fused-ring (bicyclic) bond motifs is 1. The van der Waals surface area contributed by atoms with Crippen molar-refractivity contribution in [3.8, 4) is 0 Å². The van der Waals surface area contributed by atoms with Crippen molar-refractivity contribution in [2.24, 2.45) is 0 Å². The van der Waals surface area contributed by atoms with E-state index < -0.39 is 10.0 Å². The predicted octanol–water partition coefficient (Wildman–Crippen LogP) is 3.42. The fourth-order valence-electron chi connectivity index (χ4n) is 3.11. The van der Waals surface area contributed by atoms with E-state index in [1.807, 2.05) is 6.92 Å². The van der Waals surface area contributed by atoms with Crippen LogP contribution in [0.25, 0.3) is 11.0 Å². The predicted molar refractivity (Wildman–Crippen MR) is 119 cm³/mol. The minimum Gasteiger partial charge on any atom is -0.328 e. The number of aromatic nitrogens is 3. The molecule has 0 radical (unpaired) electrons. The minimum absolute atomic E-state index is 0.116. The Labute approximate surface area is 181 Å². The highest BCUT2D eigenvalue weighted by Crippen LogP contribution is 2.24. The summed E-state index contributed by atoms with van der Waals surface area (Å²) in [6.07, 6.45) is 4.46. The topological polar surface area (TPSA) is 97.2 Å². The summed E-state index contributed by atoms with van der Waals surface area (Å²) in [5.41, 5.74) is 1.51. The molecule has 0 aliphatic carbocycles. The first-order valence-electron chi connectivity index (χ1n) is 9.86. The summed E-state index contributed by atoms with van der Waals surface area (Å²) >= 11 is 1.44. The van der Waals surface area contributed by atoms with E-state index in [1.54, 1.807) is 24.4 Å². The van der Waals surface area contributed by atoms with E-state index in [4.69, 9.17) is 0 Å². The second-order valence-electron chi connectivity index (χ2n) is 7.30. The van der Waals surface area contributed by atoms with Crippen molar-refractivity contribution < 1.29 is 13.2 Å². The van der Waals surface area contributed by atoms with Gasteiger partial charge in [-0.15, -0.1) is 11.3 Å². The first-order chi connectivity index (χ1) is 14.2. The number of carbonyl (C=O) groups is 1. The summed E-state index contributed by atoms with van der Waals surface area (Å²) in [4.78, 5) is 22.4. The molecular weight excluding hydrogens is 422 g/mol. The lowest BCUT2D eigenvalue weighted by molar-refractivity contribution is -0.116. The second-order valence-corrected chi connectivity index (χ2v) is 10.7. The maximum absolute atomic E-state index is 12.5. The van der Waals surface area contributed by atoms with E-state index in [0.29, 0.717) is 17.1 Å². The van der Waals surface area contributed by atoms with Crippen LogP contribution in [0.5, 0.6) is 0 Å². The number of amides is 1. The summed E-state index contributed by atoms with van der Waals surface area (Å²) in [5.74, 6) is 0.664. The SMILES string of the molecule is CCCCn1c(CCC(=O)Nc2ncc(C)s2)nc2cc(S(=O)(=O)N(C)C)ccc21. The molecule has 0 saturated heterocycles. The molecule has 0 aliphatic rings. The Morgan fingerprint density at radius 1 is 1.30 bits per heavy atom. The number of sulfonamides is 1. The van der Waals surface area contributed by atoms with Crippen LogP contribution in [0, 0.1) is 6.92 Å². The average molecular weight is 450 g/mol. The van der Waals surface area contributed by atoms with Crippen LogP contribution < -0.4 is 5.32 Å². The van der Waals surface area contributed by atoms with Gasteiger partial charge in [-0.3, -0.25) is 4.79 Å². The number of rotatable bonds is 9. The molecule has 1 N–H and O–H groups in total. The molecule has 30 heavy (non-hydrogen) atoms. The molecule has 0 saturated carbocycles. The van der Waals surface area contributed by atoms with Crippen molar-refractivity contribution in [2.45, 2.75) is 51.0 Å². The largest absolute Gasteiger partial charge is 0.328 e. The highest BCUT2D eigenvalue weighted by Gasteiger charge is 2.20. The van der Waals surface area contributed by atoms with Gasteiger partial charge in [-0.2, -0.15) is 0 Å². The maximum atomic E-state index is 12.5. The molecule has 8 nitrogen and oxygen atoms in total. The Kier molecular flexibility index (Phi) is 6.89. The Hall–Kier alpha value is -2.30. The van der Waals surface area contributed by atoms with E-state index >= 15 is 0 Å². The third-order valence-corrected chi connectivity index (χ3v) is 7.40. The average Bonchev–Trinajstić information content (AvgIpc) is 3.26. The molecular formula is C20H27N5O3S2. The third-order valence-electron chi connectivity index (χ3n) is 4.76. The molecule has 1 amide bonds. The van der Waals surface area contributed by atoms with Crippen LogP contribution in [0.15, 0.2) is 29.3 Å². The smallest absolute Gasteiger partial charge is 0.242 e. The van der Waals surface area contributed by atoms with Crippen LogP contribution in [0.2, 0.25) is 0 Å². The maximum Gasteiger partial charge on any atom is 0.242 e. The van der Waals surface area contributed by atoms with Crippen molar-refractivity contribution >= 4 is 43.4 Å². The Morgan fingerprint density at radius 3 is 2.70 bits per heavy atom. The molecule has 3 rings (SSSR count). The minimum atomic E-state index is -3.53. The number of nitrogens with zero attached hydrogens (tertiary/aromatic N) is 4.